The van der Waals surface area contributed by atoms with Gasteiger partial charge in [0.15, 0.2) is 0 Å². The highest BCUT2D eigenvalue weighted by Gasteiger charge is 2.21. The van der Waals surface area contributed by atoms with E-state index in [2.05, 4.69) is 51.5 Å². The second kappa shape index (κ2) is 11.2. The van der Waals surface area contributed by atoms with E-state index >= 15 is 0 Å². The fourth-order valence-electron chi connectivity index (χ4n) is 3.55. The summed E-state index contributed by atoms with van der Waals surface area (Å²) in [6.45, 7) is 3.58. The Balaban J connectivity index is 1.61. The molecule has 28 heavy (non-hydrogen) atoms. The van der Waals surface area contributed by atoms with Crippen LogP contribution < -0.4 is 16.0 Å². The van der Waals surface area contributed by atoms with Crippen molar-refractivity contribution in [1.29, 1.82) is 0 Å². The summed E-state index contributed by atoms with van der Waals surface area (Å²) in [7, 11) is 0. The molecule has 0 saturated carbocycles. The summed E-state index contributed by atoms with van der Waals surface area (Å²) in [6.07, 6.45) is 9.12. The Bertz CT molecular complexity index is 717. The molecule has 1 aliphatic rings. The van der Waals surface area contributed by atoms with Crippen molar-refractivity contribution in [3.63, 3.8) is 0 Å². The van der Waals surface area contributed by atoms with Gasteiger partial charge in [0.05, 0.1) is 0 Å². The Kier molecular flexibility index (Phi) is 8.33. The number of nitrogens with one attached hydrogen (secondary N) is 3. The zero-order valence-corrected chi connectivity index (χ0v) is 17.3. The van der Waals surface area contributed by atoms with Crippen molar-refractivity contribution < 1.29 is 4.79 Å². The van der Waals surface area contributed by atoms with Gasteiger partial charge < -0.3 is 16.0 Å². The molecule has 0 aliphatic carbocycles. The third kappa shape index (κ3) is 6.33. The van der Waals surface area contributed by atoms with Crippen LogP contribution in [0.4, 0.5) is 0 Å². The molecule has 1 aromatic carbocycles. The molecule has 1 fully saturated rings. The van der Waals surface area contributed by atoms with E-state index in [1.54, 1.807) is 24.2 Å². The maximum Gasteiger partial charge on any atom is 0.242 e. The molecule has 1 aliphatic heterocycles. The molecule has 150 valence electrons. The fourth-order valence-corrected chi connectivity index (χ4v) is 3.96. The number of hydrogen-bond donors (Lipinski definition) is 3. The largest absolute Gasteiger partial charge is 0.350 e. The Labute approximate surface area is 172 Å². The molecule has 1 saturated heterocycles. The van der Waals surface area contributed by atoms with E-state index in [9.17, 15) is 4.79 Å². The van der Waals surface area contributed by atoms with Crippen molar-refractivity contribution in [3.8, 4) is 0 Å². The Morgan fingerprint density at radius 3 is 2.57 bits per heavy atom. The number of nitrogens with zero attached hydrogens (tertiary/aromatic N) is 1. The number of hydrogen-bond acceptors (Lipinski definition) is 5. The number of aromatic nitrogens is 1. The summed E-state index contributed by atoms with van der Waals surface area (Å²) < 4.78 is 0. The van der Waals surface area contributed by atoms with Gasteiger partial charge in [-0.3, -0.25) is 9.78 Å². The van der Waals surface area contributed by atoms with Gasteiger partial charge in [0, 0.05) is 23.8 Å². The van der Waals surface area contributed by atoms with Crippen molar-refractivity contribution in [2.24, 2.45) is 5.92 Å². The average Bonchev–Trinajstić information content (AvgIpc) is 2.77. The first-order valence-corrected chi connectivity index (χ1v) is 11.2. The smallest absolute Gasteiger partial charge is 0.242 e. The summed E-state index contributed by atoms with van der Waals surface area (Å²) in [5, 5.41) is 9.99. The minimum Gasteiger partial charge on any atom is -0.350 e. The van der Waals surface area contributed by atoms with E-state index in [1.807, 2.05) is 12.1 Å². The molecule has 0 radical (unpaired) electrons. The third-order valence-corrected chi connectivity index (χ3v) is 6.03. The molecule has 3 rings (SSSR count). The van der Waals surface area contributed by atoms with Crippen molar-refractivity contribution in [2.45, 2.75) is 36.7 Å². The van der Waals surface area contributed by atoms with Gasteiger partial charge in [0.25, 0.3) is 0 Å². The Hall–Kier alpha value is -1.89. The predicted molar refractivity (Wildman–Crippen MR) is 115 cm³/mol. The number of benzene rings is 1. The number of amides is 1. The topological polar surface area (TPSA) is 66.0 Å². The molecular formula is C22H30N4OS. The maximum absolute atomic E-state index is 12.9. The van der Waals surface area contributed by atoms with Crippen LogP contribution in [-0.4, -0.2) is 36.8 Å². The number of carbonyl (C=O) groups excluding carboxylic acids is 1. The van der Waals surface area contributed by atoms with Crippen LogP contribution in [0.25, 0.3) is 0 Å². The van der Waals surface area contributed by atoms with Gasteiger partial charge in [0.2, 0.25) is 5.91 Å². The zero-order valence-electron chi connectivity index (χ0n) is 16.5. The van der Waals surface area contributed by atoms with Crippen molar-refractivity contribution in [1.82, 2.24) is 20.9 Å². The average molecular weight is 399 g/mol. The maximum atomic E-state index is 12.9. The number of thioether (sulfide) groups is 1. The van der Waals surface area contributed by atoms with Gasteiger partial charge in [-0.15, -0.1) is 11.8 Å². The fraction of sp³-hybridized carbons (Fsp3) is 0.455. The van der Waals surface area contributed by atoms with Crippen LogP contribution in [0.5, 0.6) is 0 Å². The summed E-state index contributed by atoms with van der Waals surface area (Å²) >= 11 is 1.71. The normalized spacial score (nSPS) is 15.9. The van der Waals surface area contributed by atoms with E-state index in [0.717, 1.165) is 43.1 Å². The lowest BCUT2D eigenvalue weighted by atomic mass is 9.94. The van der Waals surface area contributed by atoms with Crippen LogP contribution in [0.3, 0.4) is 0 Å². The highest BCUT2D eigenvalue weighted by molar-refractivity contribution is 7.98. The molecule has 5 nitrogen and oxygen atoms in total. The van der Waals surface area contributed by atoms with Gasteiger partial charge in [-0.1, -0.05) is 12.1 Å². The molecule has 0 spiro atoms. The molecule has 6 heteroatoms. The molecule has 1 amide bonds. The SMILES string of the molecule is CSc1ccc(C(NCCC2CCNCC2)C(=O)NCc2ccncc2)cc1. The van der Waals surface area contributed by atoms with Crippen molar-refractivity contribution >= 4 is 17.7 Å². The van der Waals surface area contributed by atoms with E-state index in [1.165, 1.54) is 17.7 Å². The number of piperidine rings is 1. The van der Waals surface area contributed by atoms with Crippen LogP contribution in [0.2, 0.25) is 0 Å². The van der Waals surface area contributed by atoms with Crippen molar-refractivity contribution in [3.05, 3.63) is 59.9 Å². The van der Waals surface area contributed by atoms with Crippen molar-refractivity contribution in [2.75, 3.05) is 25.9 Å². The first-order valence-electron chi connectivity index (χ1n) is 10.0. The van der Waals surface area contributed by atoms with E-state index in [0.29, 0.717) is 6.54 Å². The van der Waals surface area contributed by atoms with E-state index < -0.39 is 0 Å². The molecule has 1 unspecified atom stereocenters. The van der Waals surface area contributed by atoms with Gasteiger partial charge in [-0.05, 0) is 86.5 Å². The van der Waals surface area contributed by atoms with E-state index in [4.69, 9.17) is 0 Å². The lowest BCUT2D eigenvalue weighted by molar-refractivity contribution is -0.123. The van der Waals surface area contributed by atoms with Gasteiger partial charge >= 0.3 is 0 Å². The van der Waals surface area contributed by atoms with Crippen LogP contribution in [0.15, 0.2) is 53.7 Å². The first kappa shape index (κ1) is 20.8. The van der Waals surface area contributed by atoms with Crippen LogP contribution in [0, 0.1) is 5.92 Å². The molecule has 1 atom stereocenters. The first-order chi connectivity index (χ1) is 13.8. The quantitative estimate of drug-likeness (QED) is 0.566. The summed E-state index contributed by atoms with van der Waals surface area (Å²) in [4.78, 5) is 18.2. The molecule has 2 heterocycles. The highest BCUT2D eigenvalue weighted by Crippen LogP contribution is 2.21. The number of pyridine rings is 1. The van der Waals surface area contributed by atoms with Gasteiger partial charge in [-0.25, -0.2) is 0 Å². The van der Waals surface area contributed by atoms with Crippen LogP contribution >= 0.6 is 11.8 Å². The minimum atomic E-state index is -0.334. The summed E-state index contributed by atoms with van der Waals surface area (Å²) in [6, 6.07) is 11.8. The minimum absolute atomic E-state index is 0.0130. The van der Waals surface area contributed by atoms with E-state index in [-0.39, 0.29) is 11.9 Å². The second-order valence-corrected chi connectivity index (χ2v) is 8.10. The second-order valence-electron chi connectivity index (χ2n) is 7.22. The monoisotopic (exact) mass is 398 g/mol. The highest BCUT2D eigenvalue weighted by atomic mass is 32.2. The molecule has 1 aromatic heterocycles. The summed E-state index contributed by atoms with van der Waals surface area (Å²) in [5.41, 5.74) is 2.06. The number of carbonyl (C=O) groups is 1. The predicted octanol–water partition coefficient (Wildman–Crippen LogP) is 3.14. The zero-order chi connectivity index (χ0) is 19.6. The summed E-state index contributed by atoms with van der Waals surface area (Å²) in [5.74, 6) is 0.757. The van der Waals surface area contributed by atoms with Gasteiger partial charge in [-0.2, -0.15) is 0 Å². The number of rotatable bonds is 9. The van der Waals surface area contributed by atoms with Gasteiger partial charge in [0.1, 0.15) is 6.04 Å². The van der Waals surface area contributed by atoms with Crippen LogP contribution in [-0.2, 0) is 11.3 Å². The molecule has 0 bridgehead atoms. The Morgan fingerprint density at radius 2 is 1.89 bits per heavy atom. The molecule has 2 aromatic rings. The van der Waals surface area contributed by atoms with Crippen LogP contribution in [0.1, 0.15) is 36.4 Å². The standard InChI is InChI=1S/C22H30N4OS/c1-28-20-4-2-19(3-5-20)21(25-15-10-17-6-11-23-12-7-17)22(27)26-16-18-8-13-24-14-9-18/h2-5,8-9,13-14,17,21,23,25H,6-7,10-12,15-16H2,1H3,(H,26,27). The molecule has 3 N–H and O–H groups in total. The third-order valence-electron chi connectivity index (χ3n) is 5.29. The molecular weight excluding hydrogens is 368 g/mol. The lowest BCUT2D eigenvalue weighted by Crippen LogP contribution is -2.38. The Morgan fingerprint density at radius 1 is 1.18 bits per heavy atom. The lowest BCUT2D eigenvalue weighted by Gasteiger charge is -2.24.